The van der Waals surface area contributed by atoms with Crippen LogP contribution in [0.15, 0.2) is 23.2 Å². The minimum atomic E-state index is -0.850. The van der Waals surface area contributed by atoms with Crippen LogP contribution < -0.4 is 5.32 Å². The summed E-state index contributed by atoms with van der Waals surface area (Å²) in [4.78, 5) is 4.54. The van der Waals surface area contributed by atoms with Crippen molar-refractivity contribution < 1.29 is 8.78 Å². The monoisotopic (exact) mass is 256 g/mol. The van der Waals surface area contributed by atoms with Gasteiger partial charge < -0.3 is 5.32 Å². The number of nitrogens with zero attached hydrogens (tertiary/aromatic N) is 1. The van der Waals surface area contributed by atoms with Crippen LogP contribution in [-0.2, 0) is 0 Å². The number of nitrogens with one attached hydrogen (secondary N) is 1. The third-order valence-electron chi connectivity index (χ3n) is 2.82. The Morgan fingerprint density at radius 3 is 2.76 bits per heavy atom. The molecule has 0 bridgehead atoms. The van der Waals surface area contributed by atoms with Crippen molar-refractivity contribution in [1.29, 1.82) is 0 Å². The number of hydrogen-bond donors (Lipinski definition) is 1. The first-order chi connectivity index (χ1) is 8.02. The maximum Gasteiger partial charge on any atom is 0.161 e. The summed E-state index contributed by atoms with van der Waals surface area (Å²) in [5.41, 5.74) is 0.474. The van der Waals surface area contributed by atoms with E-state index in [9.17, 15) is 8.78 Å². The summed E-state index contributed by atoms with van der Waals surface area (Å²) in [6.45, 7) is 4.17. The molecule has 2 nitrogen and oxygen atoms in total. The van der Waals surface area contributed by atoms with Crippen molar-refractivity contribution >= 4 is 22.6 Å². The molecular formula is C12H14F2N2S. The number of aliphatic imine (C=N–C) groups is 1. The van der Waals surface area contributed by atoms with E-state index in [2.05, 4.69) is 24.2 Å². The summed E-state index contributed by atoms with van der Waals surface area (Å²) in [6, 6.07) is 3.75. The van der Waals surface area contributed by atoms with Crippen LogP contribution >= 0.6 is 11.8 Å². The highest BCUT2D eigenvalue weighted by atomic mass is 32.2. The Balaban J connectivity index is 2.12. The SMILES string of the molecule is CCC1(C)CSC(Nc2ccc(F)c(F)c2)=N1. The van der Waals surface area contributed by atoms with Crippen LogP contribution in [0.2, 0.25) is 0 Å². The first-order valence-electron chi connectivity index (χ1n) is 5.47. The van der Waals surface area contributed by atoms with Crippen LogP contribution in [0.5, 0.6) is 0 Å². The maximum absolute atomic E-state index is 13.0. The summed E-state index contributed by atoms with van der Waals surface area (Å²) >= 11 is 1.60. The van der Waals surface area contributed by atoms with Crippen molar-refractivity contribution in [3.8, 4) is 0 Å². The Labute approximate surface area is 104 Å². The lowest BCUT2D eigenvalue weighted by Gasteiger charge is -2.15. The van der Waals surface area contributed by atoms with E-state index in [1.807, 2.05) is 0 Å². The summed E-state index contributed by atoms with van der Waals surface area (Å²) < 4.78 is 25.8. The van der Waals surface area contributed by atoms with Crippen molar-refractivity contribution in [3.05, 3.63) is 29.8 Å². The van der Waals surface area contributed by atoms with E-state index >= 15 is 0 Å². The molecule has 1 aromatic rings. The smallest absolute Gasteiger partial charge is 0.161 e. The van der Waals surface area contributed by atoms with Crippen molar-refractivity contribution in [2.24, 2.45) is 4.99 Å². The second-order valence-electron chi connectivity index (χ2n) is 4.31. The van der Waals surface area contributed by atoms with E-state index in [-0.39, 0.29) is 5.54 Å². The van der Waals surface area contributed by atoms with Gasteiger partial charge in [0.1, 0.15) is 0 Å². The first-order valence-corrected chi connectivity index (χ1v) is 6.46. The molecule has 0 saturated carbocycles. The van der Waals surface area contributed by atoms with Crippen molar-refractivity contribution in [2.45, 2.75) is 25.8 Å². The van der Waals surface area contributed by atoms with Gasteiger partial charge >= 0.3 is 0 Å². The molecule has 0 aliphatic carbocycles. The number of benzene rings is 1. The molecule has 1 unspecified atom stereocenters. The average molecular weight is 256 g/mol. The topological polar surface area (TPSA) is 24.4 Å². The van der Waals surface area contributed by atoms with Crippen LogP contribution in [0.1, 0.15) is 20.3 Å². The fourth-order valence-corrected chi connectivity index (χ4v) is 2.67. The van der Waals surface area contributed by atoms with Crippen LogP contribution in [0.3, 0.4) is 0 Å². The van der Waals surface area contributed by atoms with Gasteiger partial charge in [0.2, 0.25) is 0 Å². The number of thioether (sulfide) groups is 1. The van der Waals surface area contributed by atoms with Gasteiger partial charge in [-0.2, -0.15) is 0 Å². The Morgan fingerprint density at radius 1 is 1.41 bits per heavy atom. The van der Waals surface area contributed by atoms with Crippen LogP contribution in [0.25, 0.3) is 0 Å². The third-order valence-corrected chi connectivity index (χ3v) is 4.06. The fourth-order valence-electron chi connectivity index (χ4n) is 1.48. The van der Waals surface area contributed by atoms with Crippen molar-refractivity contribution in [1.82, 2.24) is 0 Å². The second-order valence-corrected chi connectivity index (χ2v) is 5.27. The van der Waals surface area contributed by atoms with E-state index in [0.717, 1.165) is 29.5 Å². The Kier molecular flexibility index (Phi) is 3.38. The number of amidine groups is 1. The number of halogens is 2. The minimum Gasteiger partial charge on any atom is -0.335 e. The molecule has 5 heteroatoms. The molecule has 0 aromatic heterocycles. The third kappa shape index (κ3) is 2.77. The Morgan fingerprint density at radius 2 is 2.18 bits per heavy atom. The lowest BCUT2D eigenvalue weighted by molar-refractivity contribution is 0.509. The quantitative estimate of drug-likeness (QED) is 0.873. The molecular weight excluding hydrogens is 242 g/mol. The van der Waals surface area contributed by atoms with Gasteiger partial charge in [-0.3, -0.25) is 4.99 Å². The van der Waals surface area contributed by atoms with Gasteiger partial charge in [0.05, 0.1) is 5.54 Å². The molecule has 0 spiro atoms. The predicted octanol–water partition coefficient (Wildman–Crippen LogP) is 3.65. The molecule has 2 rings (SSSR count). The minimum absolute atomic E-state index is 0.0500. The molecule has 92 valence electrons. The highest BCUT2D eigenvalue weighted by Gasteiger charge is 2.28. The largest absolute Gasteiger partial charge is 0.335 e. The summed E-state index contributed by atoms with van der Waals surface area (Å²) in [5, 5.41) is 3.77. The predicted molar refractivity (Wildman–Crippen MR) is 68.6 cm³/mol. The maximum atomic E-state index is 13.0. The van der Waals surface area contributed by atoms with E-state index in [1.165, 1.54) is 6.07 Å². The zero-order valence-electron chi connectivity index (χ0n) is 9.76. The molecule has 17 heavy (non-hydrogen) atoms. The highest BCUT2D eigenvalue weighted by molar-refractivity contribution is 8.14. The zero-order valence-corrected chi connectivity index (χ0v) is 10.6. The standard InChI is InChI=1S/C12H14F2N2S/c1-3-12(2)7-17-11(16-12)15-8-4-5-9(13)10(14)6-8/h4-6H,3,7H2,1-2H3,(H,15,16). The van der Waals surface area contributed by atoms with Gasteiger partial charge in [-0.15, -0.1) is 0 Å². The van der Waals surface area contributed by atoms with E-state index in [4.69, 9.17) is 0 Å². The zero-order chi connectivity index (χ0) is 12.5. The normalized spacial score (nSPS) is 23.6. The fraction of sp³-hybridized carbons (Fsp3) is 0.417. The van der Waals surface area contributed by atoms with Gasteiger partial charge in [0.15, 0.2) is 16.8 Å². The molecule has 1 heterocycles. The molecule has 0 fully saturated rings. The van der Waals surface area contributed by atoms with Crippen LogP contribution in [-0.4, -0.2) is 16.5 Å². The molecule has 1 aliphatic heterocycles. The van der Waals surface area contributed by atoms with E-state index in [1.54, 1.807) is 11.8 Å². The lowest BCUT2D eigenvalue weighted by atomic mass is 10.0. The number of anilines is 1. The molecule has 1 N–H and O–H groups in total. The Hall–Kier alpha value is -1.10. The molecule has 1 aromatic carbocycles. The molecule has 0 radical (unpaired) electrons. The van der Waals surface area contributed by atoms with Crippen LogP contribution in [0.4, 0.5) is 14.5 Å². The van der Waals surface area contributed by atoms with Crippen molar-refractivity contribution in [3.63, 3.8) is 0 Å². The molecule has 1 aliphatic rings. The van der Waals surface area contributed by atoms with E-state index in [0.29, 0.717) is 5.69 Å². The van der Waals surface area contributed by atoms with Crippen molar-refractivity contribution in [2.75, 3.05) is 11.1 Å². The second kappa shape index (κ2) is 4.64. The molecule has 0 amide bonds. The Bertz CT molecular complexity index is 462. The van der Waals surface area contributed by atoms with Gasteiger partial charge in [-0.05, 0) is 25.5 Å². The summed E-state index contributed by atoms with van der Waals surface area (Å²) in [6.07, 6.45) is 0.961. The summed E-state index contributed by atoms with van der Waals surface area (Å²) in [7, 11) is 0. The first kappa shape index (κ1) is 12.4. The van der Waals surface area contributed by atoms with Gasteiger partial charge in [-0.1, -0.05) is 18.7 Å². The lowest BCUT2D eigenvalue weighted by Crippen LogP contribution is -2.20. The number of hydrogen-bond acceptors (Lipinski definition) is 3. The summed E-state index contributed by atoms with van der Waals surface area (Å²) in [5.74, 6) is -0.776. The van der Waals surface area contributed by atoms with Gasteiger partial charge in [0.25, 0.3) is 0 Å². The number of rotatable bonds is 2. The van der Waals surface area contributed by atoms with E-state index < -0.39 is 11.6 Å². The highest BCUT2D eigenvalue weighted by Crippen LogP contribution is 2.30. The average Bonchev–Trinajstić information content (AvgIpc) is 2.67. The molecule has 1 atom stereocenters. The van der Waals surface area contributed by atoms with Gasteiger partial charge in [0, 0.05) is 17.5 Å². The van der Waals surface area contributed by atoms with Crippen LogP contribution in [0, 0.1) is 11.6 Å². The van der Waals surface area contributed by atoms with Gasteiger partial charge in [-0.25, -0.2) is 8.78 Å². The molecule has 0 saturated heterocycles.